The van der Waals surface area contributed by atoms with Gasteiger partial charge in [-0.05, 0) is 55.8 Å². The first kappa shape index (κ1) is 15.8. The SMILES string of the molecule is CC(C)c1cc(OC(=O)C(C)(C)C)cc2cccc(Cl)c12. The van der Waals surface area contributed by atoms with Crippen LogP contribution in [0.25, 0.3) is 10.8 Å². The van der Waals surface area contributed by atoms with Gasteiger partial charge in [-0.1, -0.05) is 37.6 Å². The smallest absolute Gasteiger partial charge is 0.316 e. The van der Waals surface area contributed by atoms with Crippen LogP contribution in [0.3, 0.4) is 0 Å². The molecule has 0 unspecified atom stereocenters. The molecule has 0 radical (unpaired) electrons. The van der Waals surface area contributed by atoms with Crippen molar-refractivity contribution >= 4 is 28.3 Å². The molecule has 0 bridgehead atoms. The molecule has 0 saturated carbocycles. The van der Waals surface area contributed by atoms with Gasteiger partial charge in [0.15, 0.2) is 0 Å². The number of carbonyl (C=O) groups excluding carboxylic acids is 1. The highest BCUT2D eigenvalue weighted by Gasteiger charge is 2.24. The Hall–Kier alpha value is -1.54. The van der Waals surface area contributed by atoms with Crippen LogP contribution in [-0.2, 0) is 4.79 Å². The Balaban J connectivity index is 2.55. The van der Waals surface area contributed by atoms with Gasteiger partial charge < -0.3 is 4.74 Å². The van der Waals surface area contributed by atoms with Crippen molar-refractivity contribution in [2.75, 3.05) is 0 Å². The van der Waals surface area contributed by atoms with Gasteiger partial charge in [-0.25, -0.2) is 0 Å². The molecule has 0 atom stereocenters. The highest BCUT2D eigenvalue weighted by atomic mass is 35.5. The summed E-state index contributed by atoms with van der Waals surface area (Å²) in [7, 11) is 0. The molecular weight excluding hydrogens is 284 g/mol. The molecule has 0 aliphatic rings. The molecule has 2 aromatic carbocycles. The number of esters is 1. The Morgan fingerprint density at radius 2 is 1.86 bits per heavy atom. The molecule has 0 amide bonds. The van der Waals surface area contributed by atoms with Crippen LogP contribution in [0.1, 0.15) is 46.1 Å². The highest BCUT2D eigenvalue weighted by Crippen LogP contribution is 2.35. The van der Waals surface area contributed by atoms with Crippen molar-refractivity contribution < 1.29 is 9.53 Å². The van der Waals surface area contributed by atoms with Crippen LogP contribution in [0.5, 0.6) is 5.75 Å². The summed E-state index contributed by atoms with van der Waals surface area (Å²) < 4.78 is 5.54. The van der Waals surface area contributed by atoms with Crippen LogP contribution < -0.4 is 4.74 Å². The second-order valence-corrected chi connectivity index (χ2v) is 7.05. The summed E-state index contributed by atoms with van der Waals surface area (Å²) in [5.74, 6) is 0.632. The molecular formula is C18H21ClO2. The fourth-order valence-corrected chi connectivity index (χ4v) is 2.45. The lowest BCUT2D eigenvalue weighted by molar-refractivity contribution is -0.142. The van der Waals surface area contributed by atoms with Crippen LogP contribution in [0.4, 0.5) is 0 Å². The lowest BCUT2D eigenvalue weighted by atomic mass is 9.95. The maximum absolute atomic E-state index is 12.1. The van der Waals surface area contributed by atoms with Crippen LogP contribution in [0, 0.1) is 5.41 Å². The second-order valence-electron chi connectivity index (χ2n) is 6.64. The van der Waals surface area contributed by atoms with Gasteiger partial charge in [-0.2, -0.15) is 0 Å². The Morgan fingerprint density at radius 3 is 2.43 bits per heavy atom. The van der Waals surface area contributed by atoms with Crippen molar-refractivity contribution in [2.24, 2.45) is 5.41 Å². The van der Waals surface area contributed by atoms with E-state index in [-0.39, 0.29) is 5.97 Å². The molecule has 2 aromatic rings. The number of ether oxygens (including phenoxy) is 1. The van der Waals surface area contributed by atoms with Gasteiger partial charge in [0.25, 0.3) is 0 Å². The van der Waals surface area contributed by atoms with Crippen molar-refractivity contribution in [2.45, 2.75) is 40.5 Å². The van der Waals surface area contributed by atoms with Gasteiger partial charge in [0.2, 0.25) is 0 Å². The van der Waals surface area contributed by atoms with Crippen LogP contribution in [-0.4, -0.2) is 5.97 Å². The molecule has 0 aromatic heterocycles. The Labute approximate surface area is 131 Å². The molecule has 2 nitrogen and oxygen atoms in total. The summed E-state index contributed by atoms with van der Waals surface area (Å²) >= 11 is 6.33. The van der Waals surface area contributed by atoms with E-state index in [9.17, 15) is 4.79 Å². The molecule has 21 heavy (non-hydrogen) atoms. The largest absolute Gasteiger partial charge is 0.426 e. The Kier molecular flexibility index (Phi) is 4.29. The van der Waals surface area contributed by atoms with Gasteiger partial charge in [0, 0.05) is 10.4 Å². The van der Waals surface area contributed by atoms with Gasteiger partial charge >= 0.3 is 5.97 Å². The highest BCUT2D eigenvalue weighted by molar-refractivity contribution is 6.35. The topological polar surface area (TPSA) is 26.3 Å². The molecule has 0 heterocycles. The summed E-state index contributed by atoms with van der Waals surface area (Å²) in [6, 6.07) is 9.57. The minimum absolute atomic E-state index is 0.237. The molecule has 0 fully saturated rings. The first-order chi connectivity index (χ1) is 9.70. The van der Waals surface area contributed by atoms with E-state index in [1.165, 1.54) is 0 Å². The number of hydrogen-bond donors (Lipinski definition) is 0. The fraction of sp³-hybridized carbons (Fsp3) is 0.389. The summed E-state index contributed by atoms with van der Waals surface area (Å²) in [5.41, 5.74) is 0.566. The second kappa shape index (κ2) is 5.69. The molecule has 0 aliphatic carbocycles. The van der Waals surface area contributed by atoms with Gasteiger partial charge in [-0.3, -0.25) is 4.79 Å². The third kappa shape index (κ3) is 3.38. The maximum Gasteiger partial charge on any atom is 0.316 e. The van der Waals surface area contributed by atoms with Gasteiger partial charge in [-0.15, -0.1) is 0 Å². The van der Waals surface area contributed by atoms with Gasteiger partial charge in [0.1, 0.15) is 5.75 Å². The first-order valence-corrected chi connectivity index (χ1v) is 7.52. The quantitative estimate of drug-likeness (QED) is 0.535. The lowest BCUT2D eigenvalue weighted by Crippen LogP contribution is -2.25. The Morgan fingerprint density at radius 1 is 1.19 bits per heavy atom. The maximum atomic E-state index is 12.1. The number of carbonyl (C=O) groups is 1. The molecule has 112 valence electrons. The van der Waals surface area contributed by atoms with E-state index in [0.717, 1.165) is 21.4 Å². The third-order valence-corrected chi connectivity index (χ3v) is 3.69. The van der Waals surface area contributed by atoms with E-state index in [1.54, 1.807) is 0 Å². The van der Waals surface area contributed by atoms with Crippen LogP contribution >= 0.6 is 11.6 Å². The average Bonchev–Trinajstić information content (AvgIpc) is 2.36. The molecule has 0 saturated heterocycles. The third-order valence-electron chi connectivity index (χ3n) is 3.37. The number of rotatable bonds is 2. The van der Waals surface area contributed by atoms with Crippen molar-refractivity contribution in [1.82, 2.24) is 0 Å². The minimum Gasteiger partial charge on any atom is -0.426 e. The van der Waals surface area contributed by atoms with E-state index >= 15 is 0 Å². The monoisotopic (exact) mass is 304 g/mol. The average molecular weight is 305 g/mol. The standard InChI is InChI=1S/C18H21ClO2/c1-11(2)14-10-13(21-17(20)18(3,4)5)9-12-7-6-8-15(19)16(12)14/h6-11H,1-5H3. The summed E-state index contributed by atoms with van der Waals surface area (Å²) in [6.07, 6.45) is 0. The molecule has 3 heteroatoms. The summed E-state index contributed by atoms with van der Waals surface area (Å²) in [4.78, 5) is 12.1. The predicted octanol–water partition coefficient (Wildman–Crippen LogP) is 5.57. The summed E-state index contributed by atoms with van der Waals surface area (Å²) in [5, 5.41) is 2.75. The lowest BCUT2D eigenvalue weighted by Gasteiger charge is -2.18. The normalized spacial score (nSPS) is 12.0. The van der Waals surface area contributed by atoms with Crippen LogP contribution in [0.2, 0.25) is 5.02 Å². The molecule has 0 N–H and O–H groups in total. The van der Waals surface area contributed by atoms with Gasteiger partial charge in [0.05, 0.1) is 5.41 Å². The van der Waals surface area contributed by atoms with Crippen molar-refractivity contribution in [3.05, 3.63) is 40.9 Å². The van der Waals surface area contributed by atoms with E-state index in [0.29, 0.717) is 11.7 Å². The zero-order valence-electron chi connectivity index (χ0n) is 13.2. The fourth-order valence-electron chi connectivity index (χ4n) is 2.16. The molecule has 2 rings (SSSR count). The molecule has 0 aliphatic heterocycles. The van der Waals surface area contributed by atoms with Crippen molar-refractivity contribution in [3.63, 3.8) is 0 Å². The van der Waals surface area contributed by atoms with Crippen molar-refractivity contribution in [3.8, 4) is 5.75 Å². The zero-order chi connectivity index (χ0) is 15.8. The van der Waals surface area contributed by atoms with Crippen LogP contribution in [0.15, 0.2) is 30.3 Å². The Bertz CT molecular complexity index is 681. The van der Waals surface area contributed by atoms with E-state index in [2.05, 4.69) is 13.8 Å². The number of fused-ring (bicyclic) bond motifs is 1. The first-order valence-electron chi connectivity index (χ1n) is 7.14. The molecule has 0 spiro atoms. The summed E-state index contributed by atoms with van der Waals surface area (Å²) in [6.45, 7) is 9.74. The zero-order valence-corrected chi connectivity index (χ0v) is 13.9. The van der Waals surface area contributed by atoms with E-state index < -0.39 is 5.41 Å². The van der Waals surface area contributed by atoms with E-state index in [1.807, 2.05) is 51.1 Å². The number of benzene rings is 2. The number of halogens is 1. The minimum atomic E-state index is -0.527. The predicted molar refractivity (Wildman–Crippen MR) is 88.1 cm³/mol. The van der Waals surface area contributed by atoms with Crippen molar-refractivity contribution in [1.29, 1.82) is 0 Å². The van der Waals surface area contributed by atoms with E-state index in [4.69, 9.17) is 16.3 Å². The number of hydrogen-bond acceptors (Lipinski definition) is 2.